The van der Waals surface area contributed by atoms with E-state index in [4.69, 9.17) is 9.84 Å². The van der Waals surface area contributed by atoms with Crippen molar-refractivity contribution in [2.24, 2.45) is 17.8 Å². The van der Waals surface area contributed by atoms with Crippen molar-refractivity contribution in [1.82, 2.24) is 0 Å². The first kappa shape index (κ1) is 21.1. The number of carboxylic acid groups (broad SMARTS) is 1. The van der Waals surface area contributed by atoms with Crippen molar-refractivity contribution < 1.29 is 24.9 Å². The van der Waals surface area contributed by atoms with Crippen LogP contribution in [-0.4, -0.2) is 40.1 Å². The van der Waals surface area contributed by atoms with Crippen LogP contribution >= 0.6 is 0 Å². The standard InChI is InChI=1S/C23H34O5/c1-2-3-4-7-17(24)9-10-18-19-11-15-6-5-8-22(28-14-23(26)27)20(15)12-16(19)13-21(18)25/h5-6,8,16-19,21,24-25H,2-4,7,9-14H2,1H3,(H,26,27)/t16?,17-,18?,19?,21?/m0/s1. The van der Waals surface area contributed by atoms with E-state index in [1.807, 2.05) is 12.1 Å². The summed E-state index contributed by atoms with van der Waals surface area (Å²) in [5.41, 5.74) is 2.32. The molecule has 2 aliphatic carbocycles. The minimum absolute atomic E-state index is 0.238. The quantitative estimate of drug-likeness (QED) is 0.532. The Balaban J connectivity index is 1.62. The molecule has 156 valence electrons. The minimum atomic E-state index is -0.972. The molecule has 0 aliphatic heterocycles. The predicted octanol–water partition coefficient (Wildman–Crippen LogP) is 3.58. The largest absolute Gasteiger partial charge is 0.482 e. The summed E-state index contributed by atoms with van der Waals surface area (Å²) in [6.45, 7) is 1.84. The zero-order chi connectivity index (χ0) is 20.1. The summed E-state index contributed by atoms with van der Waals surface area (Å²) in [5, 5.41) is 29.8. The van der Waals surface area contributed by atoms with Crippen LogP contribution in [0, 0.1) is 17.8 Å². The third-order valence-electron chi connectivity index (χ3n) is 6.67. The normalized spacial score (nSPS) is 27.1. The number of aliphatic carboxylic acids is 1. The van der Waals surface area contributed by atoms with Gasteiger partial charge in [-0.1, -0.05) is 38.3 Å². The zero-order valence-corrected chi connectivity index (χ0v) is 16.8. The highest BCUT2D eigenvalue weighted by molar-refractivity contribution is 5.68. The molecule has 4 unspecified atom stereocenters. The van der Waals surface area contributed by atoms with Gasteiger partial charge in [0.1, 0.15) is 5.75 Å². The zero-order valence-electron chi connectivity index (χ0n) is 16.8. The van der Waals surface area contributed by atoms with E-state index >= 15 is 0 Å². The SMILES string of the molecule is CCCCC[C@H](O)CCC1C(O)CC2Cc3c(cccc3OCC(=O)O)CC21. The van der Waals surface area contributed by atoms with Gasteiger partial charge in [-0.2, -0.15) is 0 Å². The number of aliphatic hydroxyl groups is 2. The van der Waals surface area contributed by atoms with Gasteiger partial charge in [-0.3, -0.25) is 0 Å². The Morgan fingerprint density at radius 1 is 1.25 bits per heavy atom. The van der Waals surface area contributed by atoms with Gasteiger partial charge >= 0.3 is 5.97 Å². The van der Waals surface area contributed by atoms with E-state index in [0.717, 1.165) is 63.4 Å². The molecule has 3 N–H and O–H groups in total. The molecule has 1 saturated carbocycles. The average Bonchev–Trinajstić information content (AvgIpc) is 2.97. The van der Waals surface area contributed by atoms with E-state index in [0.29, 0.717) is 17.6 Å². The number of carboxylic acids is 1. The fourth-order valence-electron chi connectivity index (χ4n) is 5.24. The summed E-state index contributed by atoms with van der Waals surface area (Å²) in [5.74, 6) is 0.768. The van der Waals surface area contributed by atoms with Crippen LogP contribution in [0.3, 0.4) is 0 Å². The number of unbranched alkanes of at least 4 members (excludes halogenated alkanes) is 2. The Hall–Kier alpha value is -1.59. The van der Waals surface area contributed by atoms with Crippen LogP contribution in [0.2, 0.25) is 0 Å². The number of hydrogen-bond acceptors (Lipinski definition) is 4. The van der Waals surface area contributed by atoms with E-state index in [2.05, 4.69) is 13.0 Å². The van der Waals surface area contributed by atoms with Crippen LogP contribution in [0.1, 0.15) is 63.0 Å². The molecular weight excluding hydrogens is 356 g/mol. The summed E-state index contributed by atoms with van der Waals surface area (Å²) >= 11 is 0. The third kappa shape index (κ3) is 5.06. The smallest absolute Gasteiger partial charge is 0.341 e. The Morgan fingerprint density at radius 3 is 2.82 bits per heavy atom. The first-order valence-corrected chi connectivity index (χ1v) is 10.8. The Morgan fingerprint density at radius 2 is 2.07 bits per heavy atom. The fourth-order valence-corrected chi connectivity index (χ4v) is 5.24. The van der Waals surface area contributed by atoms with Gasteiger partial charge in [-0.15, -0.1) is 0 Å². The molecule has 1 fully saturated rings. The van der Waals surface area contributed by atoms with Crippen molar-refractivity contribution in [3.05, 3.63) is 29.3 Å². The van der Waals surface area contributed by atoms with Crippen molar-refractivity contribution in [3.63, 3.8) is 0 Å². The first-order valence-electron chi connectivity index (χ1n) is 10.8. The van der Waals surface area contributed by atoms with Gasteiger partial charge in [0.05, 0.1) is 12.2 Å². The number of carbonyl (C=O) groups is 1. The summed E-state index contributed by atoms with van der Waals surface area (Å²) in [7, 11) is 0. The van der Waals surface area contributed by atoms with Gasteiger partial charge in [0.25, 0.3) is 0 Å². The molecule has 2 aliphatic rings. The molecule has 5 atom stereocenters. The second-order valence-corrected chi connectivity index (χ2v) is 8.60. The number of benzene rings is 1. The summed E-state index contributed by atoms with van der Waals surface area (Å²) in [6, 6.07) is 5.87. The molecule has 0 heterocycles. The van der Waals surface area contributed by atoms with Crippen LogP contribution in [0.5, 0.6) is 5.75 Å². The predicted molar refractivity (Wildman–Crippen MR) is 107 cm³/mol. The van der Waals surface area contributed by atoms with Gasteiger partial charge < -0.3 is 20.1 Å². The Bertz CT molecular complexity index is 658. The van der Waals surface area contributed by atoms with Crippen LogP contribution < -0.4 is 4.74 Å². The van der Waals surface area contributed by atoms with Crippen molar-refractivity contribution in [2.75, 3.05) is 6.61 Å². The Kier molecular flexibility index (Phi) is 7.36. The van der Waals surface area contributed by atoms with Crippen LogP contribution in [0.4, 0.5) is 0 Å². The maximum absolute atomic E-state index is 10.8. The maximum Gasteiger partial charge on any atom is 0.341 e. The second-order valence-electron chi connectivity index (χ2n) is 8.60. The van der Waals surface area contributed by atoms with Gasteiger partial charge in [0, 0.05) is 0 Å². The van der Waals surface area contributed by atoms with Crippen LogP contribution in [0.25, 0.3) is 0 Å². The van der Waals surface area contributed by atoms with Crippen molar-refractivity contribution >= 4 is 5.97 Å². The maximum atomic E-state index is 10.8. The summed E-state index contributed by atoms with van der Waals surface area (Å²) < 4.78 is 5.50. The number of aliphatic hydroxyl groups excluding tert-OH is 2. The lowest BCUT2D eigenvalue weighted by Gasteiger charge is -2.32. The molecule has 5 heteroatoms. The molecule has 0 amide bonds. The third-order valence-corrected chi connectivity index (χ3v) is 6.67. The van der Waals surface area contributed by atoms with E-state index in [1.54, 1.807) is 0 Å². The number of hydrogen-bond donors (Lipinski definition) is 3. The summed E-state index contributed by atoms with van der Waals surface area (Å²) in [4.78, 5) is 10.8. The highest BCUT2D eigenvalue weighted by Gasteiger charge is 2.44. The molecule has 0 radical (unpaired) electrons. The number of fused-ring (bicyclic) bond motifs is 2. The summed E-state index contributed by atoms with van der Waals surface area (Å²) in [6.07, 6.45) is 7.85. The second kappa shape index (κ2) is 9.75. The molecule has 1 aromatic rings. The fraction of sp³-hybridized carbons (Fsp3) is 0.696. The molecule has 0 bridgehead atoms. The van der Waals surface area contributed by atoms with E-state index in [9.17, 15) is 15.0 Å². The Labute approximate surface area is 167 Å². The van der Waals surface area contributed by atoms with Gasteiger partial charge in [0.2, 0.25) is 0 Å². The van der Waals surface area contributed by atoms with E-state index in [-0.39, 0.29) is 24.7 Å². The highest BCUT2D eigenvalue weighted by Crippen LogP contribution is 2.48. The van der Waals surface area contributed by atoms with Crippen LogP contribution in [0.15, 0.2) is 18.2 Å². The molecule has 5 nitrogen and oxygen atoms in total. The molecular formula is C23H34O5. The molecule has 28 heavy (non-hydrogen) atoms. The lowest BCUT2D eigenvalue weighted by Crippen LogP contribution is -2.28. The van der Waals surface area contributed by atoms with E-state index in [1.165, 1.54) is 5.56 Å². The monoisotopic (exact) mass is 390 g/mol. The van der Waals surface area contributed by atoms with E-state index < -0.39 is 5.97 Å². The van der Waals surface area contributed by atoms with Crippen molar-refractivity contribution in [2.45, 2.75) is 76.9 Å². The van der Waals surface area contributed by atoms with Gasteiger partial charge in [0.15, 0.2) is 6.61 Å². The molecule has 0 aromatic heterocycles. The number of ether oxygens (including phenoxy) is 1. The highest BCUT2D eigenvalue weighted by atomic mass is 16.5. The first-order chi connectivity index (χ1) is 13.5. The minimum Gasteiger partial charge on any atom is -0.482 e. The molecule has 0 spiro atoms. The molecule has 0 saturated heterocycles. The molecule has 1 aromatic carbocycles. The number of rotatable bonds is 10. The topological polar surface area (TPSA) is 87.0 Å². The van der Waals surface area contributed by atoms with Crippen LogP contribution in [-0.2, 0) is 17.6 Å². The lowest BCUT2D eigenvalue weighted by molar-refractivity contribution is -0.139. The average molecular weight is 391 g/mol. The van der Waals surface area contributed by atoms with Gasteiger partial charge in [-0.05, 0) is 73.5 Å². The van der Waals surface area contributed by atoms with Gasteiger partial charge in [-0.25, -0.2) is 4.79 Å². The van der Waals surface area contributed by atoms with Crippen molar-refractivity contribution in [3.8, 4) is 5.75 Å². The molecule has 3 rings (SSSR count). The lowest BCUT2D eigenvalue weighted by atomic mass is 9.73. The van der Waals surface area contributed by atoms with Crippen molar-refractivity contribution in [1.29, 1.82) is 0 Å².